The van der Waals surface area contributed by atoms with Crippen molar-refractivity contribution < 1.29 is 0 Å². The van der Waals surface area contributed by atoms with Crippen molar-refractivity contribution in [1.29, 1.82) is 0 Å². The molecule has 0 radical (unpaired) electrons. The van der Waals surface area contributed by atoms with Crippen molar-refractivity contribution in [1.82, 2.24) is 19.8 Å². The third-order valence-corrected chi connectivity index (χ3v) is 4.59. The Labute approximate surface area is 127 Å². The summed E-state index contributed by atoms with van der Waals surface area (Å²) in [6, 6.07) is 2.04. The van der Waals surface area contributed by atoms with Gasteiger partial charge in [-0.05, 0) is 30.1 Å². The molecule has 7 heteroatoms. The van der Waals surface area contributed by atoms with E-state index in [2.05, 4.69) is 32.1 Å². The number of halogens is 1. The number of nitrogens with zero attached hydrogens (tertiary/aromatic N) is 4. The molecule has 5 nitrogen and oxygen atoms in total. The summed E-state index contributed by atoms with van der Waals surface area (Å²) < 4.78 is 0. The lowest BCUT2D eigenvalue weighted by molar-refractivity contribution is 0.158. The van der Waals surface area contributed by atoms with E-state index >= 15 is 0 Å². The highest BCUT2D eigenvalue weighted by atomic mass is 35.5. The summed E-state index contributed by atoms with van der Waals surface area (Å²) in [5.41, 5.74) is 0. The maximum absolute atomic E-state index is 5.95. The number of hydrogen-bond acceptors (Lipinski definition) is 6. The van der Waals surface area contributed by atoms with E-state index in [0.29, 0.717) is 5.28 Å². The van der Waals surface area contributed by atoms with E-state index in [-0.39, 0.29) is 0 Å². The molecule has 2 aromatic rings. The Morgan fingerprint density at radius 2 is 2.10 bits per heavy atom. The van der Waals surface area contributed by atoms with E-state index in [1.807, 2.05) is 11.4 Å². The standard InChI is InChI=1S/C13H18ClN5S/c1-18-5-7-19(8-6-18)4-3-15-11-10-2-9-20-12(10)17-13(14)16-11/h2,9H,3-8H2,1H3,(H,15,16,17). The zero-order valence-electron chi connectivity index (χ0n) is 11.5. The Bertz CT molecular complexity index is 579. The second-order valence-electron chi connectivity index (χ2n) is 5.05. The first-order chi connectivity index (χ1) is 9.72. The fourth-order valence-corrected chi connectivity index (χ4v) is 3.35. The van der Waals surface area contributed by atoms with Crippen LogP contribution in [0.3, 0.4) is 0 Å². The monoisotopic (exact) mass is 311 g/mol. The third-order valence-electron chi connectivity index (χ3n) is 3.61. The average Bonchev–Trinajstić information content (AvgIpc) is 2.89. The average molecular weight is 312 g/mol. The largest absolute Gasteiger partial charge is 0.368 e. The molecular formula is C13H18ClN5S. The zero-order chi connectivity index (χ0) is 13.9. The van der Waals surface area contributed by atoms with Gasteiger partial charge in [-0.1, -0.05) is 0 Å². The van der Waals surface area contributed by atoms with Gasteiger partial charge in [0.05, 0.1) is 5.39 Å². The lowest BCUT2D eigenvalue weighted by Crippen LogP contribution is -2.45. The van der Waals surface area contributed by atoms with Crippen LogP contribution in [0.2, 0.25) is 5.28 Å². The number of anilines is 1. The van der Waals surface area contributed by atoms with Gasteiger partial charge in [-0.15, -0.1) is 11.3 Å². The lowest BCUT2D eigenvalue weighted by Gasteiger charge is -2.32. The van der Waals surface area contributed by atoms with Gasteiger partial charge < -0.3 is 10.2 Å². The second kappa shape index (κ2) is 6.22. The van der Waals surface area contributed by atoms with E-state index in [1.165, 1.54) is 0 Å². The Morgan fingerprint density at radius 1 is 1.30 bits per heavy atom. The molecule has 2 aromatic heterocycles. The molecule has 0 bridgehead atoms. The van der Waals surface area contributed by atoms with Gasteiger partial charge in [0.15, 0.2) is 0 Å². The molecule has 3 heterocycles. The molecule has 0 saturated carbocycles. The number of rotatable bonds is 4. The van der Waals surface area contributed by atoms with Gasteiger partial charge in [0.25, 0.3) is 0 Å². The van der Waals surface area contributed by atoms with E-state index in [0.717, 1.165) is 55.3 Å². The Morgan fingerprint density at radius 3 is 2.90 bits per heavy atom. The molecule has 1 aliphatic heterocycles. The number of hydrogen-bond donors (Lipinski definition) is 1. The second-order valence-corrected chi connectivity index (χ2v) is 6.28. The van der Waals surface area contributed by atoms with E-state index in [4.69, 9.17) is 11.6 Å². The van der Waals surface area contributed by atoms with Gasteiger partial charge in [-0.2, -0.15) is 0 Å². The van der Waals surface area contributed by atoms with Crippen molar-refractivity contribution in [3.63, 3.8) is 0 Å². The van der Waals surface area contributed by atoms with Crippen LogP contribution in [0.15, 0.2) is 11.4 Å². The van der Waals surface area contributed by atoms with Crippen LogP contribution in [0, 0.1) is 0 Å². The van der Waals surface area contributed by atoms with Gasteiger partial charge in [0.1, 0.15) is 10.6 Å². The van der Waals surface area contributed by atoms with Crippen LogP contribution in [0.5, 0.6) is 0 Å². The van der Waals surface area contributed by atoms with E-state index in [1.54, 1.807) is 11.3 Å². The molecule has 0 amide bonds. The predicted octanol–water partition coefficient (Wildman–Crippen LogP) is 2.00. The van der Waals surface area contributed by atoms with E-state index < -0.39 is 0 Å². The van der Waals surface area contributed by atoms with Crippen LogP contribution in [-0.4, -0.2) is 66.1 Å². The van der Waals surface area contributed by atoms with Crippen LogP contribution in [0.1, 0.15) is 0 Å². The minimum atomic E-state index is 0.307. The highest BCUT2D eigenvalue weighted by Crippen LogP contribution is 2.26. The first-order valence-electron chi connectivity index (χ1n) is 6.78. The normalized spacial score (nSPS) is 17.7. The van der Waals surface area contributed by atoms with Gasteiger partial charge >= 0.3 is 0 Å². The topological polar surface area (TPSA) is 44.3 Å². The van der Waals surface area contributed by atoms with Crippen LogP contribution >= 0.6 is 22.9 Å². The van der Waals surface area contributed by atoms with Gasteiger partial charge in [0.2, 0.25) is 5.28 Å². The molecule has 1 fully saturated rings. The predicted molar refractivity (Wildman–Crippen MR) is 84.9 cm³/mol. The molecule has 1 aliphatic rings. The Kier molecular flexibility index (Phi) is 4.35. The summed E-state index contributed by atoms with van der Waals surface area (Å²) in [7, 11) is 2.17. The van der Waals surface area contributed by atoms with Crippen molar-refractivity contribution in [3.05, 3.63) is 16.7 Å². The molecule has 0 unspecified atom stereocenters. The summed E-state index contributed by atoms with van der Waals surface area (Å²) in [5, 5.41) is 6.77. The molecule has 3 rings (SSSR count). The fraction of sp³-hybridized carbons (Fsp3) is 0.538. The van der Waals surface area contributed by atoms with Crippen molar-refractivity contribution >= 4 is 39.0 Å². The number of aromatic nitrogens is 2. The van der Waals surface area contributed by atoms with Gasteiger partial charge in [0, 0.05) is 39.3 Å². The Hall–Kier alpha value is -0.950. The molecule has 20 heavy (non-hydrogen) atoms. The summed E-state index contributed by atoms with van der Waals surface area (Å²) in [5.74, 6) is 0.843. The maximum Gasteiger partial charge on any atom is 0.225 e. The summed E-state index contributed by atoms with van der Waals surface area (Å²) >= 11 is 7.54. The van der Waals surface area contributed by atoms with Crippen molar-refractivity contribution in [3.8, 4) is 0 Å². The van der Waals surface area contributed by atoms with Crippen molar-refractivity contribution in [2.24, 2.45) is 0 Å². The summed E-state index contributed by atoms with van der Waals surface area (Å²) in [6.45, 7) is 6.47. The minimum Gasteiger partial charge on any atom is -0.368 e. The number of fused-ring (bicyclic) bond motifs is 1. The minimum absolute atomic E-state index is 0.307. The van der Waals surface area contributed by atoms with Crippen LogP contribution in [0.4, 0.5) is 5.82 Å². The Balaban J connectivity index is 1.58. The maximum atomic E-state index is 5.95. The van der Waals surface area contributed by atoms with Gasteiger partial charge in [-0.3, -0.25) is 4.90 Å². The van der Waals surface area contributed by atoms with Crippen molar-refractivity contribution in [2.75, 3.05) is 51.6 Å². The quantitative estimate of drug-likeness (QED) is 0.875. The summed E-state index contributed by atoms with van der Waals surface area (Å²) in [6.07, 6.45) is 0. The first-order valence-corrected chi connectivity index (χ1v) is 8.03. The van der Waals surface area contributed by atoms with Crippen LogP contribution in [-0.2, 0) is 0 Å². The van der Waals surface area contributed by atoms with Gasteiger partial charge in [-0.25, -0.2) is 9.97 Å². The molecule has 0 atom stereocenters. The SMILES string of the molecule is CN1CCN(CCNc2nc(Cl)nc3sccc23)CC1. The lowest BCUT2D eigenvalue weighted by atomic mass is 10.3. The fourth-order valence-electron chi connectivity index (χ4n) is 2.37. The molecule has 1 saturated heterocycles. The third kappa shape index (κ3) is 3.20. The number of likely N-dealkylation sites (N-methyl/N-ethyl adjacent to an activating group) is 1. The zero-order valence-corrected chi connectivity index (χ0v) is 13.0. The molecule has 0 spiro atoms. The molecule has 0 aromatic carbocycles. The van der Waals surface area contributed by atoms with Crippen LogP contribution in [0.25, 0.3) is 10.2 Å². The molecule has 108 valence electrons. The smallest absolute Gasteiger partial charge is 0.225 e. The van der Waals surface area contributed by atoms with Crippen molar-refractivity contribution in [2.45, 2.75) is 0 Å². The van der Waals surface area contributed by atoms with Crippen LogP contribution < -0.4 is 5.32 Å². The number of thiophene rings is 1. The summed E-state index contributed by atoms with van der Waals surface area (Å²) in [4.78, 5) is 14.3. The molecule has 0 aliphatic carbocycles. The highest BCUT2D eigenvalue weighted by Gasteiger charge is 2.13. The molecule has 1 N–H and O–H groups in total. The number of nitrogens with one attached hydrogen (secondary N) is 1. The first kappa shape index (κ1) is 14.0. The number of piperazine rings is 1. The molecular weight excluding hydrogens is 294 g/mol. The highest BCUT2D eigenvalue weighted by molar-refractivity contribution is 7.16. The van der Waals surface area contributed by atoms with E-state index in [9.17, 15) is 0 Å².